The molecule has 1 saturated heterocycles. The highest BCUT2D eigenvalue weighted by Crippen LogP contribution is 2.19. The van der Waals surface area contributed by atoms with Gasteiger partial charge in [0.15, 0.2) is 0 Å². The van der Waals surface area contributed by atoms with Gasteiger partial charge in [-0.05, 0) is 25.0 Å². The predicted octanol–water partition coefficient (Wildman–Crippen LogP) is 1.85. The Morgan fingerprint density at radius 1 is 1.15 bits per heavy atom. The second kappa shape index (κ2) is 6.51. The Kier molecular flexibility index (Phi) is 4.95. The third-order valence-electron chi connectivity index (χ3n) is 3.34. The van der Waals surface area contributed by atoms with Crippen LogP contribution >= 0.6 is 12.2 Å². The lowest BCUT2D eigenvalue weighted by Gasteiger charge is -2.21. The van der Waals surface area contributed by atoms with Crippen molar-refractivity contribution in [1.82, 2.24) is 4.31 Å². The molecule has 0 bridgehead atoms. The summed E-state index contributed by atoms with van der Waals surface area (Å²) in [6, 6.07) is 6.91. The van der Waals surface area contributed by atoms with Crippen LogP contribution in [0.2, 0.25) is 0 Å². The van der Waals surface area contributed by atoms with E-state index in [1.165, 1.54) is 4.31 Å². The highest BCUT2D eigenvalue weighted by molar-refractivity contribution is 7.90. The summed E-state index contributed by atoms with van der Waals surface area (Å²) in [6.07, 6.45) is 3.96. The molecule has 0 unspecified atom stereocenters. The molecule has 0 saturated carbocycles. The maximum Gasteiger partial charge on any atom is 0.301 e. The van der Waals surface area contributed by atoms with Gasteiger partial charge >= 0.3 is 10.2 Å². The number of benzene rings is 1. The van der Waals surface area contributed by atoms with E-state index in [9.17, 15) is 8.42 Å². The van der Waals surface area contributed by atoms with Crippen LogP contribution < -0.4 is 10.5 Å². The van der Waals surface area contributed by atoms with Crippen molar-refractivity contribution in [2.45, 2.75) is 25.7 Å². The van der Waals surface area contributed by atoms with Gasteiger partial charge in [-0.3, -0.25) is 4.72 Å². The van der Waals surface area contributed by atoms with Crippen molar-refractivity contribution in [1.29, 1.82) is 0 Å². The Morgan fingerprint density at radius 3 is 2.35 bits per heavy atom. The molecule has 7 heteroatoms. The van der Waals surface area contributed by atoms with Gasteiger partial charge in [0.05, 0.1) is 5.69 Å². The lowest BCUT2D eigenvalue weighted by molar-refractivity contribution is 0.427. The SMILES string of the molecule is NC(=S)c1ccccc1NS(=O)(=O)N1CCCCCC1. The van der Waals surface area contributed by atoms with E-state index in [0.717, 1.165) is 25.7 Å². The van der Waals surface area contributed by atoms with Gasteiger partial charge in [0, 0.05) is 18.7 Å². The fraction of sp³-hybridized carbons (Fsp3) is 0.462. The van der Waals surface area contributed by atoms with Crippen molar-refractivity contribution < 1.29 is 8.42 Å². The summed E-state index contributed by atoms with van der Waals surface area (Å²) in [6.45, 7) is 1.12. The normalized spacial score (nSPS) is 17.4. The van der Waals surface area contributed by atoms with Gasteiger partial charge in [0.2, 0.25) is 0 Å². The molecule has 0 atom stereocenters. The first-order valence-electron chi connectivity index (χ1n) is 6.67. The third-order valence-corrected chi connectivity index (χ3v) is 5.08. The van der Waals surface area contributed by atoms with E-state index in [4.69, 9.17) is 18.0 Å². The summed E-state index contributed by atoms with van der Waals surface area (Å²) in [5.41, 5.74) is 6.60. The predicted molar refractivity (Wildman–Crippen MR) is 84.9 cm³/mol. The van der Waals surface area contributed by atoms with E-state index in [-0.39, 0.29) is 4.99 Å². The first-order valence-corrected chi connectivity index (χ1v) is 8.52. The van der Waals surface area contributed by atoms with Crippen LogP contribution in [-0.2, 0) is 10.2 Å². The van der Waals surface area contributed by atoms with Gasteiger partial charge in [-0.1, -0.05) is 37.2 Å². The number of nitrogens with zero attached hydrogens (tertiary/aromatic N) is 1. The Balaban J connectivity index is 2.21. The molecule has 5 nitrogen and oxygen atoms in total. The quantitative estimate of drug-likeness (QED) is 0.832. The van der Waals surface area contributed by atoms with Gasteiger partial charge in [-0.25, -0.2) is 0 Å². The summed E-state index contributed by atoms with van der Waals surface area (Å²) in [7, 11) is -3.55. The molecule has 1 aliphatic heterocycles. The second-order valence-corrected chi connectivity index (χ2v) is 6.94. The van der Waals surface area contributed by atoms with Gasteiger partial charge in [-0.2, -0.15) is 12.7 Å². The van der Waals surface area contributed by atoms with Gasteiger partial charge < -0.3 is 5.73 Å². The lowest BCUT2D eigenvalue weighted by Crippen LogP contribution is -2.37. The van der Waals surface area contributed by atoms with E-state index in [1.807, 2.05) is 0 Å². The molecule has 1 aliphatic rings. The van der Waals surface area contributed by atoms with Crippen molar-refractivity contribution in [3.05, 3.63) is 29.8 Å². The smallest absolute Gasteiger partial charge is 0.301 e. The molecule has 2 rings (SSSR count). The third kappa shape index (κ3) is 3.68. The zero-order valence-electron chi connectivity index (χ0n) is 11.2. The highest BCUT2D eigenvalue weighted by Gasteiger charge is 2.23. The Morgan fingerprint density at radius 2 is 1.75 bits per heavy atom. The molecule has 1 fully saturated rings. The highest BCUT2D eigenvalue weighted by atomic mass is 32.2. The van der Waals surface area contributed by atoms with Crippen LogP contribution in [0.5, 0.6) is 0 Å². The Hall–Kier alpha value is -1.18. The van der Waals surface area contributed by atoms with E-state index in [1.54, 1.807) is 24.3 Å². The first-order chi connectivity index (χ1) is 9.50. The average Bonchev–Trinajstić information content (AvgIpc) is 2.68. The molecular weight excluding hydrogens is 294 g/mol. The van der Waals surface area contributed by atoms with Gasteiger partial charge in [0.25, 0.3) is 0 Å². The Bertz CT molecular complexity index is 579. The standard InChI is InChI=1S/C13H19N3O2S2/c14-13(19)11-7-3-4-8-12(11)15-20(17,18)16-9-5-1-2-6-10-16/h3-4,7-8,15H,1-2,5-6,9-10H2,(H2,14,19). The van der Waals surface area contributed by atoms with E-state index in [0.29, 0.717) is 24.3 Å². The summed E-state index contributed by atoms with van der Waals surface area (Å²) in [4.78, 5) is 0.180. The Labute approximate surface area is 125 Å². The molecule has 20 heavy (non-hydrogen) atoms. The number of rotatable bonds is 4. The second-order valence-electron chi connectivity index (χ2n) is 4.83. The van der Waals surface area contributed by atoms with E-state index in [2.05, 4.69) is 4.72 Å². The summed E-state index contributed by atoms with van der Waals surface area (Å²) < 4.78 is 28.9. The molecule has 1 heterocycles. The molecular formula is C13H19N3O2S2. The van der Waals surface area contributed by atoms with Crippen LogP contribution in [0.4, 0.5) is 5.69 Å². The number of nitrogens with one attached hydrogen (secondary N) is 1. The van der Waals surface area contributed by atoms with Crippen molar-refractivity contribution in [3.8, 4) is 0 Å². The molecule has 0 aromatic heterocycles. The monoisotopic (exact) mass is 313 g/mol. The van der Waals surface area contributed by atoms with Crippen molar-refractivity contribution >= 4 is 33.1 Å². The number of para-hydroxylation sites is 1. The number of anilines is 1. The molecule has 0 spiro atoms. The average molecular weight is 313 g/mol. The van der Waals surface area contributed by atoms with Crippen LogP contribution in [-0.4, -0.2) is 30.8 Å². The minimum Gasteiger partial charge on any atom is -0.389 e. The maximum absolute atomic E-state index is 12.4. The molecule has 1 aromatic carbocycles. The first kappa shape index (κ1) is 15.2. The summed E-state index contributed by atoms with van der Waals surface area (Å²) in [5, 5.41) is 0. The summed E-state index contributed by atoms with van der Waals surface area (Å²) >= 11 is 4.95. The molecule has 0 radical (unpaired) electrons. The van der Waals surface area contributed by atoms with E-state index >= 15 is 0 Å². The zero-order valence-corrected chi connectivity index (χ0v) is 12.8. The fourth-order valence-electron chi connectivity index (χ4n) is 2.27. The van der Waals surface area contributed by atoms with Crippen LogP contribution in [0, 0.1) is 0 Å². The number of hydrogen-bond donors (Lipinski definition) is 2. The largest absolute Gasteiger partial charge is 0.389 e. The van der Waals surface area contributed by atoms with Crippen LogP contribution in [0.1, 0.15) is 31.2 Å². The van der Waals surface area contributed by atoms with Crippen molar-refractivity contribution in [3.63, 3.8) is 0 Å². The molecule has 3 N–H and O–H groups in total. The van der Waals surface area contributed by atoms with Gasteiger partial charge in [0.1, 0.15) is 4.99 Å². The van der Waals surface area contributed by atoms with Crippen LogP contribution in [0.3, 0.4) is 0 Å². The number of thiocarbonyl (C=S) groups is 1. The lowest BCUT2D eigenvalue weighted by atomic mass is 10.2. The minimum atomic E-state index is -3.55. The fourth-order valence-corrected chi connectivity index (χ4v) is 3.77. The number of nitrogens with two attached hydrogens (primary N) is 1. The molecule has 0 aliphatic carbocycles. The molecule has 0 amide bonds. The minimum absolute atomic E-state index is 0.180. The topological polar surface area (TPSA) is 75.4 Å². The van der Waals surface area contributed by atoms with Crippen molar-refractivity contribution in [2.24, 2.45) is 5.73 Å². The van der Waals surface area contributed by atoms with Crippen LogP contribution in [0.25, 0.3) is 0 Å². The van der Waals surface area contributed by atoms with Crippen molar-refractivity contribution in [2.75, 3.05) is 17.8 Å². The van der Waals surface area contributed by atoms with E-state index < -0.39 is 10.2 Å². The molecule has 1 aromatic rings. The molecule has 110 valence electrons. The van der Waals surface area contributed by atoms with Gasteiger partial charge in [-0.15, -0.1) is 0 Å². The summed E-state index contributed by atoms with van der Waals surface area (Å²) in [5.74, 6) is 0. The van der Waals surface area contributed by atoms with Crippen LogP contribution in [0.15, 0.2) is 24.3 Å². The number of hydrogen-bond acceptors (Lipinski definition) is 3. The zero-order chi connectivity index (χ0) is 14.6. The maximum atomic E-state index is 12.4.